The molecule has 0 radical (unpaired) electrons. The molecule has 2 aromatic carbocycles. The van der Waals surface area contributed by atoms with Crippen LogP contribution in [0.4, 0.5) is 0 Å². The number of aromatic nitrogens is 2. The third kappa shape index (κ3) is 4.68. The summed E-state index contributed by atoms with van der Waals surface area (Å²) < 4.78 is 5.34. The minimum Gasteiger partial charge on any atom is -0.378 e. The Bertz CT molecular complexity index is 1150. The molecule has 2 amide bonds. The average Bonchev–Trinajstić information content (AvgIpc) is 3.31. The number of amides is 2. The van der Waals surface area contributed by atoms with E-state index in [4.69, 9.17) is 4.74 Å². The predicted octanol–water partition coefficient (Wildman–Crippen LogP) is 3.44. The number of para-hydroxylation sites is 1. The molecule has 2 fully saturated rings. The number of piperidine rings is 1. The second-order valence-electron chi connectivity index (χ2n) is 8.61. The van der Waals surface area contributed by atoms with Crippen molar-refractivity contribution in [2.75, 3.05) is 39.4 Å². The lowest BCUT2D eigenvalue weighted by Crippen LogP contribution is -2.47. The summed E-state index contributed by atoms with van der Waals surface area (Å²) in [6, 6.07) is 15.7. The molecule has 170 valence electrons. The fourth-order valence-corrected chi connectivity index (χ4v) is 4.58. The van der Waals surface area contributed by atoms with Crippen molar-refractivity contribution in [3.63, 3.8) is 0 Å². The molecule has 7 nitrogen and oxygen atoms in total. The van der Waals surface area contributed by atoms with Gasteiger partial charge in [0.2, 0.25) is 5.91 Å². The fraction of sp³-hybridized carbons (Fsp3) is 0.346. The second-order valence-corrected chi connectivity index (χ2v) is 8.61. The van der Waals surface area contributed by atoms with Crippen LogP contribution in [-0.2, 0) is 9.53 Å². The molecule has 1 N–H and O–H groups in total. The number of ether oxygens (including phenoxy) is 1. The van der Waals surface area contributed by atoms with Crippen molar-refractivity contribution in [3.05, 3.63) is 65.4 Å². The number of likely N-dealkylation sites (tertiary alicyclic amines) is 1. The number of nitrogens with one attached hydrogen (secondary N) is 1. The van der Waals surface area contributed by atoms with Gasteiger partial charge in [0, 0.05) is 43.0 Å². The lowest BCUT2D eigenvalue weighted by atomic mass is 9.94. The van der Waals surface area contributed by atoms with Gasteiger partial charge in [-0.25, -0.2) is 0 Å². The minimum absolute atomic E-state index is 0.0118. The Morgan fingerprint density at radius 2 is 1.64 bits per heavy atom. The van der Waals surface area contributed by atoms with Gasteiger partial charge in [-0.3, -0.25) is 14.7 Å². The number of hydrogen-bond acceptors (Lipinski definition) is 4. The van der Waals surface area contributed by atoms with Crippen LogP contribution in [0.5, 0.6) is 0 Å². The zero-order chi connectivity index (χ0) is 22.6. The summed E-state index contributed by atoms with van der Waals surface area (Å²) in [6.45, 7) is 3.82. The Hall–Kier alpha value is -3.45. The molecule has 2 saturated heterocycles. The summed E-state index contributed by atoms with van der Waals surface area (Å²) in [4.78, 5) is 29.4. The van der Waals surface area contributed by atoms with E-state index in [1.807, 2.05) is 70.5 Å². The van der Waals surface area contributed by atoms with Crippen molar-refractivity contribution < 1.29 is 14.3 Å². The summed E-state index contributed by atoms with van der Waals surface area (Å²) >= 11 is 0. The molecule has 7 heteroatoms. The largest absolute Gasteiger partial charge is 0.378 e. The first kappa shape index (κ1) is 21.4. The highest BCUT2D eigenvalue weighted by molar-refractivity contribution is 5.95. The standard InChI is InChI=1S/C26H28N4O3/c31-25(29-13-11-21(12-14-29)26(32)30-15-17-33-18-16-30)20-8-5-19(6-9-20)7-10-24-22-3-1-2-4-23(22)27-28-24/h1-10,21H,11-18H2,(H,27,28)/b10-7+. The van der Waals surface area contributed by atoms with Crippen LogP contribution in [0, 0.1) is 5.92 Å². The molecular weight excluding hydrogens is 416 g/mol. The van der Waals surface area contributed by atoms with E-state index < -0.39 is 0 Å². The molecule has 33 heavy (non-hydrogen) atoms. The minimum atomic E-state index is 0.0118. The maximum Gasteiger partial charge on any atom is 0.253 e. The maximum absolute atomic E-state index is 13.0. The number of morpholine rings is 1. The normalized spacial score (nSPS) is 17.7. The second kappa shape index (κ2) is 9.58. The maximum atomic E-state index is 13.0. The Balaban J connectivity index is 1.17. The zero-order valence-corrected chi connectivity index (χ0v) is 18.6. The molecule has 2 aliphatic rings. The highest BCUT2D eigenvalue weighted by Gasteiger charge is 2.31. The highest BCUT2D eigenvalue weighted by atomic mass is 16.5. The summed E-state index contributed by atoms with van der Waals surface area (Å²) in [5.74, 6) is 0.255. The van der Waals surface area contributed by atoms with Gasteiger partial charge in [-0.15, -0.1) is 0 Å². The molecule has 0 atom stereocenters. The van der Waals surface area contributed by atoms with Gasteiger partial charge in [0.15, 0.2) is 0 Å². The lowest BCUT2D eigenvalue weighted by molar-refractivity contribution is -0.141. The number of nitrogens with zero attached hydrogens (tertiary/aromatic N) is 3. The number of carbonyl (C=O) groups is 2. The zero-order valence-electron chi connectivity index (χ0n) is 18.6. The number of benzene rings is 2. The van der Waals surface area contributed by atoms with Crippen molar-refractivity contribution in [3.8, 4) is 0 Å². The monoisotopic (exact) mass is 444 g/mol. The number of hydrogen-bond donors (Lipinski definition) is 1. The predicted molar refractivity (Wildman–Crippen MR) is 127 cm³/mol. The van der Waals surface area contributed by atoms with Crippen LogP contribution in [0.15, 0.2) is 48.5 Å². The van der Waals surface area contributed by atoms with Gasteiger partial charge in [0.1, 0.15) is 0 Å². The summed E-state index contributed by atoms with van der Waals surface area (Å²) in [5, 5.41) is 8.47. The molecule has 3 heterocycles. The first-order valence-corrected chi connectivity index (χ1v) is 11.6. The van der Waals surface area contributed by atoms with E-state index in [1.165, 1.54) is 0 Å². The average molecular weight is 445 g/mol. The molecular formula is C26H28N4O3. The van der Waals surface area contributed by atoms with E-state index in [0.29, 0.717) is 45.0 Å². The van der Waals surface area contributed by atoms with Crippen LogP contribution in [0.2, 0.25) is 0 Å². The van der Waals surface area contributed by atoms with Crippen LogP contribution in [0.1, 0.15) is 34.5 Å². The summed E-state index contributed by atoms with van der Waals surface area (Å²) in [5.41, 5.74) is 3.58. The molecule has 5 rings (SSSR count). The van der Waals surface area contributed by atoms with Gasteiger partial charge in [-0.05, 0) is 42.7 Å². The van der Waals surface area contributed by atoms with E-state index in [0.717, 1.165) is 35.0 Å². The highest BCUT2D eigenvalue weighted by Crippen LogP contribution is 2.22. The molecule has 2 aliphatic heterocycles. The van der Waals surface area contributed by atoms with E-state index in [2.05, 4.69) is 10.2 Å². The summed E-state index contributed by atoms with van der Waals surface area (Å²) in [6.07, 6.45) is 5.42. The quantitative estimate of drug-likeness (QED) is 0.669. The molecule has 0 unspecified atom stereocenters. The topological polar surface area (TPSA) is 78.5 Å². The van der Waals surface area contributed by atoms with E-state index in [-0.39, 0.29) is 17.7 Å². The molecule has 3 aromatic rings. The Labute approximate surface area is 193 Å². The fourth-order valence-electron chi connectivity index (χ4n) is 4.58. The Morgan fingerprint density at radius 1 is 0.909 bits per heavy atom. The molecule has 0 spiro atoms. The van der Waals surface area contributed by atoms with Crippen molar-refractivity contribution in [2.45, 2.75) is 12.8 Å². The SMILES string of the molecule is O=C(c1ccc(/C=C/c2n[nH]c3ccccc23)cc1)N1CCC(C(=O)N2CCOCC2)CC1. The van der Waals surface area contributed by atoms with Crippen molar-refractivity contribution in [2.24, 2.45) is 5.92 Å². The van der Waals surface area contributed by atoms with Crippen LogP contribution in [0.25, 0.3) is 23.1 Å². The number of fused-ring (bicyclic) bond motifs is 1. The third-order valence-electron chi connectivity index (χ3n) is 6.55. The molecule has 1 aromatic heterocycles. The van der Waals surface area contributed by atoms with E-state index in [9.17, 15) is 9.59 Å². The first-order valence-electron chi connectivity index (χ1n) is 11.6. The van der Waals surface area contributed by atoms with Gasteiger partial charge in [0.25, 0.3) is 5.91 Å². The molecule has 0 aliphatic carbocycles. The van der Waals surface area contributed by atoms with Gasteiger partial charge in [-0.2, -0.15) is 5.10 Å². The Morgan fingerprint density at radius 3 is 2.39 bits per heavy atom. The first-order chi connectivity index (χ1) is 16.2. The van der Waals surface area contributed by atoms with Crippen LogP contribution in [-0.4, -0.2) is 71.2 Å². The lowest BCUT2D eigenvalue weighted by Gasteiger charge is -2.35. The van der Waals surface area contributed by atoms with E-state index >= 15 is 0 Å². The van der Waals surface area contributed by atoms with Crippen molar-refractivity contribution in [1.82, 2.24) is 20.0 Å². The van der Waals surface area contributed by atoms with Gasteiger partial charge < -0.3 is 14.5 Å². The summed E-state index contributed by atoms with van der Waals surface area (Å²) in [7, 11) is 0. The molecule has 0 bridgehead atoms. The smallest absolute Gasteiger partial charge is 0.253 e. The number of rotatable bonds is 4. The van der Waals surface area contributed by atoms with Gasteiger partial charge in [0.05, 0.1) is 24.4 Å². The number of carbonyl (C=O) groups excluding carboxylic acids is 2. The van der Waals surface area contributed by atoms with Crippen molar-refractivity contribution in [1.29, 1.82) is 0 Å². The van der Waals surface area contributed by atoms with E-state index in [1.54, 1.807) is 0 Å². The third-order valence-corrected chi connectivity index (χ3v) is 6.55. The molecule has 0 saturated carbocycles. The number of H-pyrrole nitrogens is 1. The van der Waals surface area contributed by atoms with Crippen LogP contribution >= 0.6 is 0 Å². The van der Waals surface area contributed by atoms with Gasteiger partial charge >= 0.3 is 0 Å². The van der Waals surface area contributed by atoms with Crippen LogP contribution < -0.4 is 0 Å². The number of aromatic amines is 1. The Kier molecular flexibility index (Phi) is 6.21. The van der Waals surface area contributed by atoms with Gasteiger partial charge in [-0.1, -0.05) is 36.4 Å². The van der Waals surface area contributed by atoms with Crippen LogP contribution in [0.3, 0.4) is 0 Å². The van der Waals surface area contributed by atoms with Crippen molar-refractivity contribution >= 4 is 34.9 Å².